The first-order chi connectivity index (χ1) is 10.9. The van der Waals surface area contributed by atoms with Gasteiger partial charge in [0.05, 0.1) is 23.2 Å². The summed E-state index contributed by atoms with van der Waals surface area (Å²) < 4.78 is 6.55. The van der Waals surface area contributed by atoms with Gasteiger partial charge in [-0.3, -0.25) is 9.36 Å². The van der Waals surface area contributed by atoms with Gasteiger partial charge >= 0.3 is 5.69 Å². The minimum atomic E-state index is -0.847. The maximum atomic E-state index is 12.6. The molecule has 23 heavy (non-hydrogen) atoms. The molecule has 1 aromatic heterocycles. The first kappa shape index (κ1) is 15.8. The van der Waals surface area contributed by atoms with Gasteiger partial charge in [0.1, 0.15) is 0 Å². The predicted molar refractivity (Wildman–Crippen MR) is 85.5 cm³/mol. The van der Waals surface area contributed by atoms with Crippen LogP contribution in [0, 0.1) is 0 Å². The van der Waals surface area contributed by atoms with Gasteiger partial charge in [-0.15, -0.1) is 0 Å². The normalized spacial score (nSPS) is 17.6. The Morgan fingerprint density at radius 3 is 2.74 bits per heavy atom. The van der Waals surface area contributed by atoms with Gasteiger partial charge in [-0.25, -0.2) is 4.79 Å². The van der Waals surface area contributed by atoms with Gasteiger partial charge in [0.15, 0.2) is 0 Å². The first-order valence-corrected chi connectivity index (χ1v) is 7.63. The van der Waals surface area contributed by atoms with E-state index in [1.165, 1.54) is 4.57 Å². The highest BCUT2D eigenvalue weighted by molar-refractivity contribution is 5.97. The minimum Gasteiger partial charge on any atom is -0.387 e. The van der Waals surface area contributed by atoms with Gasteiger partial charge in [-0.05, 0) is 31.0 Å². The average Bonchev–Trinajstić information content (AvgIpc) is 2.82. The van der Waals surface area contributed by atoms with E-state index in [9.17, 15) is 14.7 Å². The molecule has 3 rings (SSSR count). The number of amides is 1. The number of benzene rings is 1. The number of hydrogen-bond donors (Lipinski definition) is 2. The van der Waals surface area contributed by atoms with Crippen molar-refractivity contribution in [2.45, 2.75) is 18.4 Å². The lowest BCUT2D eigenvalue weighted by molar-refractivity contribution is -0.0662. The summed E-state index contributed by atoms with van der Waals surface area (Å²) in [6.45, 7) is 1.26. The van der Waals surface area contributed by atoms with Gasteiger partial charge in [0, 0.05) is 32.8 Å². The second kappa shape index (κ2) is 5.82. The number of likely N-dealkylation sites (tertiary alicyclic amines) is 1. The largest absolute Gasteiger partial charge is 0.387 e. The highest BCUT2D eigenvalue weighted by Gasteiger charge is 2.34. The van der Waals surface area contributed by atoms with Crippen LogP contribution in [-0.2, 0) is 11.8 Å². The Kier molecular flexibility index (Phi) is 3.99. The van der Waals surface area contributed by atoms with Crippen LogP contribution in [0.4, 0.5) is 0 Å². The van der Waals surface area contributed by atoms with Crippen molar-refractivity contribution in [3.05, 3.63) is 34.2 Å². The number of carbonyl (C=O) groups is 1. The van der Waals surface area contributed by atoms with E-state index in [2.05, 4.69) is 4.98 Å². The van der Waals surface area contributed by atoms with E-state index in [4.69, 9.17) is 4.74 Å². The number of piperidine rings is 1. The molecule has 124 valence electrons. The number of imidazole rings is 1. The Morgan fingerprint density at radius 1 is 1.39 bits per heavy atom. The van der Waals surface area contributed by atoms with Crippen molar-refractivity contribution < 1.29 is 14.6 Å². The molecule has 0 bridgehead atoms. The number of nitrogens with zero attached hydrogens (tertiary/aromatic N) is 2. The number of methoxy groups -OCH3 is 1. The number of aryl methyl sites for hydroxylation is 1. The molecule has 2 N–H and O–H groups in total. The maximum absolute atomic E-state index is 12.6. The lowest BCUT2D eigenvalue weighted by Gasteiger charge is -2.37. The average molecular weight is 319 g/mol. The molecule has 0 atom stereocenters. The Balaban J connectivity index is 1.78. The number of aromatic nitrogens is 2. The quantitative estimate of drug-likeness (QED) is 0.861. The number of rotatable bonds is 3. The van der Waals surface area contributed by atoms with Crippen molar-refractivity contribution in [2.75, 3.05) is 26.8 Å². The zero-order valence-electron chi connectivity index (χ0n) is 13.3. The number of aromatic amines is 1. The topological polar surface area (TPSA) is 87.6 Å². The molecule has 0 spiro atoms. The molecular formula is C16H21N3O4. The lowest BCUT2D eigenvalue weighted by Crippen LogP contribution is -2.48. The third-order valence-electron chi connectivity index (χ3n) is 4.55. The molecule has 7 nitrogen and oxygen atoms in total. The summed E-state index contributed by atoms with van der Waals surface area (Å²) in [5.74, 6) is -0.0870. The third kappa shape index (κ3) is 2.89. The summed E-state index contributed by atoms with van der Waals surface area (Å²) in [6.07, 6.45) is 0.994. The zero-order chi connectivity index (χ0) is 16.6. The van der Waals surface area contributed by atoms with Crippen LogP contribution in [0.5, 0.6) is 0 Å². The number of hydrogen-bond acceptors (Lipinski definition) is 4. The zero-order valence-corrected chi connectivity index (χ0v) is 13.3. The number of fused-ring (bicyclic) bond motifs is 1. The van der Waals surface area contributed by atoms with Crippen LogP contribution >= 0.6 is 0 Å². The highest BCUT2D eigenvalue weighted by atomic mass is 16.5. The van der Waals surface area contributed by atoms with Gasteiger partial charge in [0.2, 0.25) is 0 Å². The fraction of sp³-hybridized carbons (Fsp3) is 0.500. The van der Waals surface area contributed by atoms with Crippen molar-refractivity contribution in [1.82, 2.24) is 14.5 Å². The van der Waals surface area contributed by atoms with E-state index in [1.807, 2.05) is 0 Å². The number of H-pyrrole nitrogens is 1. The molecule has 0 unspecified atom stereocenters. The molecule has 2 heterocycles. The summed E-state index contributed by atoms with van der Waals surface area (Å²) in [4.78, 5) is 28.7. The van der Waals surface area contributed by atoms with Crippen molar-refractivity contribution in [3.8, 4) is 0 Å². The minimum absolute atomic E-state index is 0.0870. The second-order valence-electron chi connectivity index (χ2n) is 6.17. The second-order valence-corrected chi connectivity index (χ2v) is 6.17. The summed E-state index contributed by atoms with van der Waals surface area (Å²) in [7, 11) is 3.25. The summed E-state index contributed by atoms with van der Waals surface area (Å²) in [6, 6.07) is 5.20. The van der Waals surface area contributed by atoms with Crippen molar-refractivity contribution in [1.29, 1.82) is 0 Å². The molecular weight excluding hydrogens is 298 g/mol. The van der Waals surface area contributed by atoms with Crippen molar-refractivity contribution in [3.63, 3.8) is 0 Å². The standard InChI is InChI=1S/C16H21N3O4/c1-18-13-4-3-11(9-12(13)17-15(18)21)14(20)19-7-5-16(22,6-8-19)10-23-2/h3-4,9,22H,5-8,10H2,1-2H3,(H,17,21). The number of carbonyl (C=O) groups excluding carboxylic acids is 1. The number of aliphatic hydroxyl groups is 1. The molecule has 1 amide bonds. The Morgan fingerprint density at radius 2 is 2.09 bits per heavy atom. The third-order valence-corrected chi connectivity index (χ3v) is 4.55. The Bertz CT molecular complexity index is 784. The molecule has 2 aromatic rings. The predicted octanol–water partition coefficient (Wildman–Crippen LogP) is 0.480. The number of nitrogens with one attached hydrogen (secondary N) is 1. The first-order valence-electron chi connectivity index (χ1n) is 7.63. The van der Waals surface area contributed by atoms with Crippen LogP contribution in [0.2, 0.25) is 0 Å². The van der Waals surface area contributed by atoms with Crippen LogP contribution in [0.3, 0.4) is 0 Å². The van der Waals surface area contributed by atoms with E-state index >= 15 is 0 Å². The fourth-order valence-electron chi connectivity index (χ4n) is 3.09. The Labute approximate surface area is 133 Å². The van der Waals surface area contributed by atoms with Crippen LogP contribution in [0.25, 0.3) is 11.0 Å². The van der Waals surface area contributed by atoms with E-state index in [0.29, 0.717) is 37.0 Å². The monoisotopic (exact) mass is 319 g/mol. The lowest BCUT2D eigenvalue weighted by atomic mass is 9.92. The molecule has 0 aliphatic carbocycles. The fourth-order valence-corrected chi connectivity index (χ4v) is 3.09. The van der Waals surface area contributed by atoms with E-state index in [-0.39, 0.29) is 18.2 Å². The smallest absolute Gasteiger partial charge is 0.326 e. The number of ether oxygens (including phenoxy) is 1. The molecule has 1 saturated heterocycles. The van der Waals surface area contributed by atoms with E-state index < -0.39 is 5.60 Å². The van der Waals surface area contributed by atoms with Gasteiger partial charge < -0.3 is 19.7 Å². The van der Waals surface area contributed by atoms with Gasteiger partial charge in [-0.1, -0.05) is 0 Å². The highest BCUT2D eigenvalue weighted by Crippen LogP contribution is 2.24. The van der Waals surface area contributed by atoms with Crippen LogP contribution in [0.1, 0.15) is 23.2 Å². The molecule has 0 saturated carbocycles. The molecule has 1 aliphatic rings. The molecule has 0 radical (unpaired) electrons. The van der Waals surface area contributed by atoms with Crippen LogP contribution in [0.15, 0.2) is 23.0 Å². The Hall–Kier alpha value is -2.12. The maximum Gasteiger partial charge on any atom is 0.326 e. The summed E-state index contributed by atoms with van der Waals surface area (Å²) in [5.41, 5.74) is 0.903. The summed E-state index contributed by atoms with van der Waals surface area (Å²) in [5, 5.41) is 10.3. The van der Waals surface area contributed by atoms with Gasteiger partial charge in [0.25, 0.3) is 5.91 Å². The van der Waals surface area contributed by atoms with Crippen molar-refractivity contribution >= 4 is 16.9 Å². The molecule has 1 fully saturated rings. The molecule has 1 aliphatic heterocycles. The van der Waals surface area contributed by atoms with Crippen LogP contribution in [-0.4, -0.2) is 57.9 Å². The van der Waals surface area contributed by atoms with Gasteiger partial charge in [-0.2, -0.15) is 0 Å². The SMILES string of the molecule is COCC1(O)CCN(C(=O)c2ccc3c(c2)[nH]c(=O)n3C)CC1. The summed E-state index contributed by atoms with van der Waals surface area (Å²) >= 11 is 0. The van der Waals surface area contributed by atoms with E-state index in [1.54, 1.807) is 37.3 Å². The van der Waals surface area contributed by atoms with Crippen LogP contribution < -0.4 is 5.69 Å². The van der Waals surface area contributed by atoms with E-state index in [0.717, 1.165) is 5.52 Å². The molecule has 1 aromatic carbocycles. The molecule has 7 heteroatoms. The van der Waals surface area contributed by atoms with Crippen molar-refractivity contribution in [2.24, 2.45) is 7.05 Å².